The number of methoxy groups -OCH3 is 1. The van der Waals surface area contributed by atoms with E-state index >= 15 is 0 Å². The molecule has 2 aromatic heterocycles. The number of halogens is 1. The minimum absolute atomic E-state index is 0.121. The Morgan fingerprint density at radius 3 is 2.77 bits per heavy atom. The highest BCUT2D eigenvalue weighted by atomic mass is 35.5. The summed E-state index contributed by atoms with van der Waals surface area (Å²) in [5.74, 6) is 0.896. The van der Waals surface area contributed by atoms with Gasteiger partial charge in [-0.15, -0.1) is 0 Å². The Bertz CT molecular complexity index is 1210. The smallest absolute Gasteiger partial charge is 0.234 e. The van der Waals surface area contributed by atoms with Crippen molar-refractivity contribution in [3.63, 3.8) is 0 Å². The Balaban J connectivity index is 1.50. The van der Waals surface area contributed by atoms with Crippen molar-refractivity contribution in [2.45, 2.75) is 11.9 Å². The molecule has 4 rings (SSSR count). The molecule has 0 unspecified atom stereocenters. The standard InChI is InChI=1S/C22H19ClN4O2S/c1-14-3-6-16(23)11-18(14)25-21(28)13-30-22-20-12-19(26-27(20)10-9-24-22)15-4-7-17(29-2)8-5-15/h3-12H,13H2,1-2H3,(H,25,28). The number of carbonyl (C=O) groups excluding carboxylic acids is 1. The normalized spacial score (nSPS) is 10.9. The van der Waals surface area contributed by atoms with Crippen molar-refractivity contribution in [1.29, 1.82) is 0 Å². The van der Waals surface area contributed by atoms with Gasteiger partial charge in [-0.3, -0.25) is 4.79 Å². The third kappa shape index (κ3) is 4.42. The molecule has 1 N–H and O–H groups in total. The van der Waals surface area contributed by atoms with Crippen molar-refractivity contribution in [3.8, 4) is 17.0 Å². The van der Waals surface area contributed by atoms with E-state index in [2.05, 4.69) is 15.4 Å². The van der Waals surface area contributed by atoms with E-state index in [9.17, 15) is 4.79 Å². The van der Waals surface area contributed by atoms with Crippen molar-refractivity contribution >= 4 is 40.5 Å². The summed E-state index contributed by atoms with van der Waals surface area (Å²) < 4.78 is 6.98. The molecule has 2 heterocycles. The lowest BCUT2D eigenvalue weighted by atomic mass is 10.1. The molecule has 152 valence electrons. The lowest BCUT2D eigenvalue weighted by Crippen LogP contribution is -2.15. The first-order valence-electron chi connectivity index (χ1n) is 9.21. The van der Waals surface area contributed by atoms with E-state index in [1.54, 1.807) is 36.2 Å². The Morgan fingerprint density at radius 2 is 2.00 bits per heavy atom. The van der Waals surface area contributed by atoms with Gasteiger partial charge in [-0.1, -0.05) is 29.4 Å². The molecule has 0 radical (unpaired) electrons. The third-order valence-electron chi connectivity index (χ3n) is 4.55. The van der Waals surface area contributed by atoms with Crippen LogP contribution in [-0.2, 0) is 4.79 Å². The van der Waals surface area contributed by atoms with E-state index in [1.165, 1.54) is 11.8 Å². The molecule has 30 heavy (non-hydrogen) atoms. The molecule has 0 spiro atoms. The second kappa shape index (κ2) is 8.77. The van der Waals surface area contributed by atoms with Gasteiger partial charge in [0.25, 0.3) is 0 Å². The highest BCUT2D eigenvalue weighted by Gasteiger charge is 2.12. The Kier molecular flexibility index (Phi) is 5.92. The van der Waals surface area contributed by atoms with Crippen LogP contribution in [0.1, 0.15) is 5.56 Å². The van der Waals surface area contributed by atoms with Gasteiger partial charge >= 0.3 is 0 Å². The number of hydrogen-bond acceptors (Lipinski definition) is 5. The fourth-order valence-corrected chi connectivity index (χ4v) is 3.91. The molecule has 6 nitrogen and oxygen atoms in total. The zero-order chi connectivity index (χ0) is 21.1. The summed E-state index contributed by atoms with van der Waals surface area (Å²) >= 11 is 7.39. The van der Waals surface area contributed by atoms with Gasteiger partial charge in [0.2, 0.25) is 5.91 Å². The molecule has 0 atom stereocenters. The molecule has 0 aliphatic carbocycles. The number of anilines is 1. The van der Waals surface area contributed by atoms with E-state index in [-0.39, 0.29) is 11.7 Å². The highest BCUT2D eigenvalue weighted by Crippen LogP contribution is 2.27. The summed E-state index contributed by atoms with van der Waals surface area (Å²) in [6.45, 7) is 1.92. The van der Waals surface area contributed by atoms with Crippen LogP contribution in [0.3, 0.4) is 0 Å². The molecule has 1 amide bonds. The summed E-state index contributed by atoms with van der Waals surface area (Å²) in [6.07, 6.45) is 3.47. The number of amides is 1. The maximum atomic E-state index is 12.4. The van der Waals surface area contributed by atoms with Crippen LogP contribution in [0.4, 0.5) is 5.69 Å². The number of thioether (sulfide) groups is 1. The lowest BCUT2D eigenvalue weighted by molar-refractivity contribution is -0.113. The van der Waals surface area contributed by atoms with Crippen LogP contribution in [-0.4, -0.2) is 33.4 Å². The van der Waals surface area contributed by atoms with Gasteiger partial charge < -0.3 is 10.1 Å². The minimum Gasteiger partial charge on any atom is -0.497 e. The second-order valence-electron chi connectivity index (χ2n) is 6.62. The molecular weight excluding hydrogens is 420 g/mol. The van der Waals surface area contributed by atoms with Crippen LogP contribution in [0, 0.1) is 6.92 Å². The summed E-state index contributed by atoms with van der Waals surface area (Å²) in [4.78, 5) is 16.9. The number of nitrogens with zero attached hydrogens (tertiary/aromatic N) is 3. The molecular formula is C22H19ClN4O2S. The number of hydrogen-bond donors (Lipinski definition) is 1. The predicted molar refractivity (Wildman–Crippen MR) is 121 cm³/mol. The predicted octanol–water partition coefficient (Wildman–Crippen LogP) is 5.10. The van der Waals surface area contributed by atoms with Gasteiger partial charge in [-0.25, -0.2) is 9.50 Å². The van der Waals surface area contributed by atoms with Crippen molar-refractivity contribution in [2.75, 3.05) is 18.2 Å². The Labute approximate surface area is 183 Å². The molecule has 8 heteroatoms. The van der Waals surface area contributed by atoms with Gasteiger partial charge in [0, 0.05) is 28.7 Å². The molecule has 0 saturated carbocycles. The SMILES string of the molecule is COc1ccc(-c2cc3c(SCC(=O)Nc4cc(Cl)ccc4C)nccn3n2)cc1. The highest BCUT2D eigenvalue weighted by molar-refractivity contribution is 8.00. The zero-order valence-electron chi connectivity index (χ0n) is 16.4. The van der Waals surface area contributed by atoms with Crippen molar-refractivity contribution in [1.82, 2.24) is 14.6 Å². The molecule has 0 aliphatic heterocycles. The summed E-state index contributed by atoms with van der Waals surface area (Å²) in [6, 6.07) is 15.1. The second-order valence-corrected chi connectivity index (χ2v) is 8.02. The topological polar surface area (TPSA) is 68.5 Å². The molecule has 0 aliphatic rings. The van der Waals surface area contributed by atoms with E-state index < -0.39 is 0 Å². The average Bonchev–Trinajstić information content (AvgIpc) is 3.20. The van der Waals surface area contributed by atoms with Gasteiger partial charge in [0.05, 0.1) is 24.1 Å². The van der Waals surface area contributed by atoms with Crippen LogP contribution in [0.2, 0.25) is 5.02 Å². The number of carbonyl (C=O) groups is 1. The Hall–Kier alpha value is -3.03. The van der Waals surface area contributed by atoms with Gasteiger partial charge in [-0.2, -0.15) is 5.10 Å². The molecule has 0 bridgehead atoms. The van der Waals surface area contributed by atoms with E-state index in [1.807, 2.05) is 43.3 Å². The van der Waals surface area contributed by atoms with Crippen LogP contribution >= 0.6 is 23.4 Å². The largest absolute Gasteiger partial charge is 0.497 e. The first kappa shape index (κ1) is 20.3. The number of benzene rings is 2. The summed E-state index contributed by atoms with van der Waals surface area (Å²) in [5.41, 5.74) is 4.32. The van der Waals surface area contributed by atoms with E-state index in [4.69, 9.17) is 16.3 Å². The van der Waals surface area contributed by atoms with Crippen molar-refractivity contribution in [3.05, 3.63) is 71.5 Å². The van der Waals surface area contributed by atoms with Crippen LogP contribution in [0.25, 0.3) is 16.8 Å². The van der Waals surface area contributed by atoms with E-state index in [0.717, 1.165) is 33.1 Å². The summed E-state index contributed by atoms with van der Waals surface area (Å²) in [5, 5.41) is 8.85. The van der Waals surface area contributed by atoms with Crippen LogP contribution < -0.4 is 10.1 Å². The number of ether oxygens (including phenoxy) is 1. The number of aromatic nitrogens is 3. The fourth-order valence-electron chi connectivity index (χ4n) is 2.96. The van der Waals surface area contributed by atoms with Gasteiger partial charge in [0.1, 0.15) is 10.8 Å². The minimum atomic E-state index is -0.121. The van der Waals surface area contributed by atoms with Crippen LogP contribution in [0.15, 0.2) is 66.0 Å². The van der Waals surface area contributed by atoms with Crippen molar-refractivity contribution < 1.29 is 9.53 Å². The quantitative estimate of drug-likeness (QED) is 0.424. The van der Waals surface area contributed by atoms with Crippen LogP contribution in [0.5, 0.6) is 5.75 Å². The lowest BCUT2D eigenvalue weighted by Gasteiger charge is -2.08. The van der Waals surface area contributed by atoms with Gasteiger partial charge in [0.15, 0.2) is 0 Å². The molecule has 2 aromatic carbocycles. The number of fused-ring (bicyclic) bond motifs is 1. The third-order valence-corrected chi connectivity index (χ3v) is 5.78. The first-order valence-corrected chi connectivity index (χ1v) is 10.6. The summed E-state index contributed by atoms with van der Waals surface area (Å²) in [7, 11) is 1.64. The molecule has 4 aromatic rings. The number of rotatable bonds is 6. The maximum Gasteiger partial charge on any atom is 0.234 e. The average molecular weight is 439 g/mol. The Morgan fingerprint density at radius 1 is 1.20 bits per heavy atom. The molecule has 0 fully saturated rings. The number of aryl methyl sites for hydroxylation is 1. The zero-order valence-corrected chi connectivity index (χ0v) is 18.0. The monoisotopic (exact) mass is 438 g/mol. The maximum absolute atomic E-state index is 12.4. The van der Waals surface area contributed by atoms with E-state index in [0.29, 0.717) is 10.7 Å². The number of nitrogens with one attached hydrogen (secondary N) is 1. The van der Waals surface area contributed by atoms with Crippen molar-refractivity contribution in [2.24, 2.45) is 0 Å². The fraction of sp³-hybridized carbons (Fsp3) is 0.136. The first-order chi connectivity index (χ1) is 14.5. The molecule has 0 saturated heterocycles. The van der Waals surface area contributed by atoms with Gasteiger partial charge in [-0.05, 0) is 55.0 Å².